The number of carbonyl (C=O) groups is 1. The third-order valence-corrected chi connectivity index (χ3v) is 6.55. The van der Waals surface area contributed by atoms with Crippen LogP contribution in [0.2, 0.25) is 0 Å². The largest absolute Gasteiger partial charge is 0.512 e. The molecule has 0 fully saturated rings. The number of pyridine rings is 1. The Kier molecular flexibility index (Phi) is 6.57. The van der Waals surface area contributed by atoms with Crippen molar-refractivity contribution in [1.29, 1.82) is 0 Å². The second-order valence-corrected chi connectivity index (χ2v) is 8.81. The first kappa shape index (κ1) is 23.1. The third kappa shape index (κ3) is 4.40. The number of ketones is 1. The molecule has 5 heteroatoms. The number of aliphatic hydroxyl groups excluding tert-OH is 1. The summed E-state index contributed by atoms with van der Waals surface area (Å²) in [5.74, 6) is -0.0625. The molecule has 6 rings (SSSR count). The van der Waals surface area contributed by atoms with Crippen LogP contribution in [0.25, 0.3) is 54.5 Å². The van der Waals surface area contributed by atoms with Crippen LogP contribution in [0.3, 0.4) is 0 Å². The molecule has 0 aliphatic heterocycles. The van der Waals surface area contributed by atoms with Crippen LogP contribution in [0, 0.1) is 6.07 Å². The Labute approximate surface area is 209 Å². The van der Waals surface area contributed by atoms with Crippen molar-refractivity contribution in [3.8, 4) is 11.3 Å². The van der Waals surface area contributed by atoms with Gasteiger partial charge < -0.3 is 5.11 Å². The molecule has 33 heavy (non-hydrogen) atoms. The predicted octanol–water partition coefficient (Wildman–Crippen LogP) is 7.59. The molecule has 0 amide bonds. The molecule has 0 spiro atoms. The van der Waals surface area contributed by atoms with E-state index in [-0.39, 0.29) is 31.6 Å². The second-order valence-electron chi connectivity index (χ2n) is 7.76. The van der Waals surface area contributed by atoms with Crippen molar-refractivity contribution >= 4 is 60.3 Å². The van der Waals surface area contributed by atoms with Gasteiger partial charge in [0.1, 0.15) is 0 Å². The fourth-order valence-corrected chi connectivity index (χ4v) is 5.31. The van der Waals surface area contributed by atoms with Gasteiger partial charge in [0.25, 0.3) is 0 Å². The Morgan fingerprint density at radius 1 is 1.00 bits per heavy atom. The van der Waals surface area contributed by atoms with E-state index in [2.05, 4.69) is 72.8 Å². The molecule has 3 aromatic carbocycles. The smallest absolute Gasteiger partial charge is 0.155 e. The summed E-state index contributed by atoms with van der Waals surface area (Å²) in [5.41, 5.74) is 5.67. The minimum Gasteiger partial charge on any atom is -0.512 e. The van der Waals surface area contributed by atoms with Crippen molar-refractivity contribution < 1.29 is 30.0 Å². The van der Waals surface area contributed by atoms with Gasteiger partial charge in [0.15, 0.2) is 5.78 Å². The number of nitrogens with zero attached hydrogens (tertiary/aromatic N) is 1. The monoisotopic (exact) mass is 627 g/mol. The molecule has 2 heterocycles. The predicted molar refractivity (Wildman–Crippen MR) is 135 cm³/mol. The van der Waals surface area contributed by atoms with Gasteiger partial charge >= 0.3 is 0 Å². The van der Waals surface area contributed by atoms with Crippen molar-refractivity contribution in [2.45, 2.75) is 13.8 Å². The van der Waals surface area contributed by atoms with E-state index in [1.807, 2.05) is 17.4 Å². The number of fused-ring (bicyclic) bond motifs is 3. The second kappa shape index (κ2) is 9.40. The Hall–Kier alpha value is -3.11. The Balaban J connectivity index is 0.000000287. The molecule has 1 radical (unpaired) electrons. The van der Waals surface area contributed by atoms with Crippen molar-refractivity contribution in [1.82, 2.24) is 4.98 Å². The summed E-state index contributed by atoms with van der Waals surface area (Å²) >= 11 is 1.83. The number of rotatable bonds is 2. The van der Waals surface area contributed by atoms with Gasteiger partial charge in [-0.1, -0.05) is 53.9 Å². The van der Waals surface area contributed by atoms with Gasteiger partial charge in [-0.05, 0) is 52.9 Å². The Morgan fingerprint density at radius 2 is 1.79 bits per heavy atom. The number of hydrogen-bond donors (Lipinski definition) is 1. The van der Waals surface area contributed by atoms with Gasteiger partial charge in [0.05, 0.1) is 11.3 Å². The van der Waals surface area contributed by atoms with Gasteiger partial charge in [0, 0.05) is 36.3 Å². The normalized spacial score (nSPS) is 12.0. The van der Waals surface area contributed by atoms with Gasteiger partial charge in [-0.15, -0.1) is 23.8 Å². The summed E-state index contributed by atoms with van der Waals surface area (Å²) in [6, 6.07) is 24.7. The summed E-state index contributed by atoms with van der Waals surface area (Å²) in [6.07, 6.45) is 5.53. The molecular weight excluding hydrogens is 607 g/mol. The van der Waals surface area contributed by atoms with Crippen LogP contribution in [0.15, 0.2) is 72.5 Å². The zero-order chi connectivity index (χ0) is 22.2. The molecule has 165 valence electrons. The van der Waals surface area contributed by atoms with Crippen molar-refractivity contribution in [2.24, 2.45) is 0 Å². The average Bonchev–Trinajstić information content (AvgIpc) is 3.36. The van der Waals surface area contributed by atoms with Crippen LogP contribution >= 0.6 is 11.3 Å². The molecule has 1 aliphatic rings. The number of hydrogen-bond acceptors (Lipinski definition) is 4. The van der Waals surface area contributed by atoms with E-state index in [9.17, 15) is 4.79 Å². The first-order valence-corrected chi connectivity index (χ1v) is 11.1. The fourth-order valence-electron chi connectivity index (χ4n) is 4.10. The fraction of sp³-hybridized carbons (Fsp3) is 0.0714. The molecule has 0 atom stereocenters. The van der Waals surface area contributed by atoms with E-state index in [0.717, 1.165) is 16.8 Å². The van der Waals surface area contributed by atoms with Crippen molar-refractivity contribution in [2.75, 3.05) is 0 Å². The molecule has 1 aliphatic carbocycles. The maximum atomic E-state index is 10.0. The molecule has 2 aromatic heterocycles. The molecule has 3 nitrogen and oxygen atoms in total. The molecular formula is C28H20IrNO2S-. The number of aromatic nitrogens is 1. The van der Waals surface area contributed by atoms with Gasteiger partial charge in [-0.2, -0.15) is 11.3 Å². The van der Waals surface area contributed by atoms with E-state index in [4.69, 9.17) is 10.1 Å². The average molecular weight is 627 g/mol. The van der Waals surface area contributed by atoms with E-state index >= 15 is 0 Å². The number of carbonyl (C=O) groups excluding carboxylic acids is 1. The summed E-state index contributed by atoms with van der Waals surface area (Å²) in [5, 5.41) is 12.2. The number of thiophene rings is 1. The minimum atomic E-state index is -0.125. The van der Waals surface area contributed by atoms with E-state index in [0.29, 0.717) is 0 Å². The molecule has 0 saturated heterocycles. The zero-order valence-electron chi connectivity index (χ0n) is 18.0. The standard InChI is InChI=1S/C23H12NS.C5H8O2.Ir/c1-2-10-21-16(6-1)17-7-4-8-18(23(17)25-21)20-13-15-12-11-14-5-3-9-19(24-20)22(14)15;1-4(6)3-5(2)7;/h1-7,9-13H;3,6H,1-2H3;/q-1;;. The van der Waals surface area contributed by atoms with E-state index in [1.165, 1.54) is 56.6 Å². The van der Waals surface area contributed by atoms with Crippen LogP contribution in [-0.2, 0) is 24.9 Å². The number of benzene rings is 3. The van der Waals surface area contributed by atoms with Crippen LogP contribution in [-0.4, -0.2) is 15.9 Å². The quantitative estimate of drug-likeness (QED) is 0.122. The Morgan fingerprint density at radius 3 is 2.55 bits per heavy atom. The summed E-state index contributed by atoms with van der Waals surface area (Å²) < 4.78 is 2.58. The summed E-state index contributed by atoms with van der Waals surface area (Å²) in [7, 11) is 0. The minimum absolute atomic E-state index is 0. The number of aliphatic hydroxyl groups is 1. The zero-order valence-corrected chi connectivity index (χ0v) is 21.3. The van der Waals surface area contributed by atoms with E-state index in [1.54, 1.807) is 0 Å². The third-order valence-electron chi connectivity index (χ3n) is 5.35. The van der Waals surface area contributed by atoms with Gasteiger partial charge in [-0.25, -0.2) is 0 Å². The molecule has 1 N–H and O–H groups in total. The van der Waals surface area contributed by atoms with Crippen LogP contribution in [0.1, 0.15) is 25.0 Å². The topological polar surface area (TPSA) is 50.2 Å². The van der Waals surface area contributed by atoms with Crippen LogP contribution < -0.4 is 0 Å². The van der Waals surface area contributed by atoms with Crippen molar-refractivity contribution in [3.05, 3.63) is 89.7 Å². The summed E-state index contributed by atoms with van der Waals surface area (Å²) in [6.45, 7) is 2.85. The van der Waals surface area contributed by atoms with Gasteiger partial charge in [0.2, 0.25) is 0 Å². The van der Waals surface area contributed by atoms with Crippen molar-refractivity contribution in [3.63, 3.8) is 0 Å². The molecule has 0 unspecified atom stereocenters. The van der Waals surface area contributed by atoms with Crippen LogP contribution in [0.4, 0.5) is 0 Å². The maximum Gasteiger partial charge on any atom is 0.155 e. The Bertz CT molecular complexity index is 1580. The first-order chi connectivity index (χ1) is 15.5. The van der Waals surface area contributed by atoms with Crippen LogP contribution in [0.5, 0.6) is 0 Å². The van der Waals surface area contributed by atoms with Gasteiger partial charge in [-0.3, -0.25) is 9.78 Å². The maximum absolute atomic E-state index is 10.0. The summed E-state index contributed by atoms with van der Waals surface area (Å²) in [4.78, 5) is 15.0. The molecule has 5 aromatic rings. The first-order valence-electron chi connectivity index (χ1n) is 10.3. The van der Waals surface area contributed by atoms with E-state index < -0.39 is 0 Å². The molecule has 0 saturated carbocycles. The SMILES string of the molecule is CC(=O)C=C(C)O.[Ir].[c-]1ccc2c(sc3ccccc32)c1-c1cc2c3c(cccc3n1)C=C2. The number of allylic oxidation sites excluding steroid dienone is 2. The molecule has 0 bridgehead atoms.